The molecule has 5 aromatic rings. The number of hydrogen-bond donors (Lipinski definition) is 2. The van der Waals surface area contributed by atoms with E-state index in [0.29, 0.717) is 6.67 Å². The second kappa shape index (κ2) is 11.6. The summed E-state index contributed by atoms with van der Waals surface area (Å²) in [6.07, 6.45) is 13.8. The second-order valence-corrected chi connectivity index (χ2v) is 9.96. The normalized spacial score (nSPS) is 13.9. The van der Waals surface area contributed by atoms with Gasteiger partial charge in [-0.25, -0.2) is 4.98 Å². The Morgan fingerprint density at radius 2 is 1.74 bits per heavy atom. The van der Waals surface area contributed by atoms with E-state index in [1.165, 1.54) is 54.5 Å². The molecule has 7 nitrogen and oxygen atoms in total. The minimum absolute atomic E-state index is 0.686. The largest absolute Gasteiger partial charge is 0.372 e. The number of anilines is 1. The van der Waals surface area contributed by atoms with Crippen molar-refractivity contribution in [1.29, 1.82) is 0 Å². The Bertz CT molecular complexity index is 1450. The summed E-state index contributed by atoms with van der Waals surface area (Å²) >= 11 is 0. The molecule has 1 aliphatic rings. The van der Waals surface area contributed by atoms with Crippen molar-refractivity contribution in [2.75, 3.05) is 31.6 Å². The summed E-state index contributed by atoms with van der Waals surface area (Å²) in [6.45, 7) is 6.12. The lowest BCUT2D eigenvalue weighted by Gasteiger charge is -2.15. The molecule has 194 valence electrons. The average Bonchev–Trinajstić information content (AvgIpc) is 3.73. The lowest BCUT2D eigenvalue weighted by atomic mass is 10.1. The van der Waals surface area contributed by atoms with Crippen molar-refractivity contribution in [3.63, 3.8) is 0 Å². The van der Waals surface area contributed by atoms with Crippen molar-refractivity contribution in [3.8, 4) is 17.1 Å². The molecule has 0 saturated carbocycles. The van der Waals surface area contributed by atoms with Gasteiger partial charge in [0, 0.05) is 66.4 Å². The Balaban J connectivity index is 1.16. The lowest BCUT2D eigenvalue weighted by Crippen LogP contribution is -2.21. The van der Waals surface area contributed by atoms with Crippen LogP contribution in [0.25, 0.3) is 28.0 Å². The van der Waals surface area contributed by atoms with Crippen LogP contribution in [0, 0.1) is 0 Å². The monoisotopic (exact) mass is 505 g/mol. The van der Waals surface area contributed by atoms with Gasteiger partial charge in [0.2, 0.25) is 0 Å². The average molecular weight is 506 g/mol. The molecule has 0 radical (unpaired) electrons. The highest BCUT2D eigenvalue weighted by Gasteiger charge is 2.16. The van der Waals surface area contributed by atoms with Crippen molar-refractivity contribution >= 4 is 16.6 Å². The number of nitrogens with zero attached hydrogens (tertiary/aromatic N) is 5. The van der Waals surface area contributed by atoms with Crippen LogP contribution in [-0.2, 0) is 13.1 Å². The summed E-state index contributed by atoms with van der Waals surface area (Å²) in [5, 5.41) is 8.08. The molecule has 3 aromatic heterocycles. The van der Waals surface area contributed by atoms with Crippen LogP contribution in [-0.4, -0.2) is 50.3 Å². The van der Waals surface area contributed by atoms with E-state index in [-0.39, 0.29) is 0 Å². The number of rotatable bonds is 11. The molecular weight excluding hydrogens is 470 g/mol. The first-order valence-electron chi connectivity index (χ1n) is 13.6. The van der Waals surface area contributed by atoms with E-state index in [2.05, 4.69) is 96.6 Å². The predicted molar refractivity (Wildman–Crippen MR) is 154 cm³/mol. The molecule has 0 unspecified atom stereocenters. The summed E-state index contributed by atoms with van der Waals surface area (Å²) in [5.74, 6) is 1.04. The lowest BCUT2D eigenvalue weighted by molar-refractivity contribution is 0.325. The van der Waals surface area contributed by atoms with Gasteiger partial charge >= 0.3 is 0 Å². The van der Waals surface area contributed by atoms with E-state index in [1.54, 1.807) is 6.20 Å². The first-order valence-corrected chi connectivity index (χ1v) is 13.6. The third-order valence-electron chi connectivity index (χ3n) is 7.36. The molecule has 2 N–H and O–H groups in total. The van der Waals surface area contributed by atoms with E-state index < -0.39 is 0 Å². The Labute approximate surface area is 224 Å². The fourth-order valence-electron chi connectivity index (χ4n) is 5.39. The number of aryl methyl sites for hydroxylation is 1. The number of fused-ring (bicyclic) bond motifs is 1. The van der Waals surface area contributed by atoms with Gasteiger partial charge in [-0.15, -0.1) is 0 Å². The topological polar surface area (TPSA) is 62.9 Å². The first-order chi connectivity index (χ1) is 18.8. The maximum Gasteiger partial charge on any atom is 0.142 e. The zero-order valence-electron chi connectivity index (χ0n) is 21.8. The zero-order chi connectivity index (χ0) is 25.6. The molecule has 2 aromatic carbocycles. The molecule has 38 heavy (non-hydrogen) atoms. The van der Waals surface area contributed by atoms with E-state index in [0.717, 1.165) is 36.7 Å². The highest BCUT2D eigenvalue weighted by atomic mass is 15.1. The fourth-order valence-corrected chi connectivity index (χ4v) is 5.39. The molecule has 1 saturated heterocycles. The van der Waals surface area contributed by atoms with E-state index in [1.807, 2.05) is 18.5 Å². The molecule has 0 aliphatic carbocycles. The van der Waals surface area contributed by atoms with Gasteiger partial charge in [-0.2, -0.15) is 0 Å². The van der Waals surface area contributed by atoms with Crippen LogP contribution in [0.5, 0.6) is 0 Å². The summed E-state index contributed by atoms with van der Waals surface area (Å²) in [6, 6.07) is 21.3. The van der Waals surface area contributed by atoms with Crippen molar-refractivity contribution < 1.29 is 0 Å². The maximum atomic E-state index is 4.79. The van der Waals surface area contributed by atoms with Gasteiger partial charge < -0.3 is 19.4 Å². The highest BCUT2D eigenvalue weighted by Crippen LogP contribution is 2.32. The number of hydrogen-bond acceptors (Lipinski definition) is 5. The van der Waals surface area contributed by atoms with Crippen molar-refractivity contribution in [1.82, 2.24) is 29.3 Å². The summed E-state index contributed by atoms with van der Waals surface area (Å²) in [4.78, 5) is 11.5. The van der Waals surface area contributed by atoms with Crippen LogP contribution >= 0.6 is 0 Å². The molecule has 0 bridgehead atoms. The number of benzene rings is 2. The fraction of sp³-hybridized carbons (Fsp3) is 0.290. The Morgan fingerprint density at radius 3 is 2.58 bits per heavy atom. The molecule has 7 heteroatoms. The zero-order valence-corrected chi connectivity index (χ0v) is 21.8. The summed E-state index contributed by atoms with van der Waals surface area (Å²) in [5.41, 5.74) is 5.75. The van der Waals surface area contributed by atoms with Crippen LogP contribution < -0.4 is 10.6 Å². The van der Waals surface area contributed by atoms with E-state index in [9.17, 15) is 0 Å². The Kier molecular flexibility index (Phi) is 7.47. The minimum Gasteiger partial charge on any atom is -0.372 e. The van der Waals surface area contributed by atoms with Gasteiger partial charge in [-0.3, -0.25) is 10.3 Å². The van der Waals surface area contributed by atoms with Gasteiger partial charge in [0.05, 0.1) is 12.2 Å². The number of para-hydroxylation sites is 1. The van der Waals surface area contributed by atoms with Gasteiger partial charge in [0.25, 0.3) is 0 Å². The van der Waals surface area contributed by atoms with Crippen LogP contribution in [0.15, 0.2) is 91.6 Å². The minimum atomic E-state index is 0.686. The summed E-state index contributed by atoms with van der Waals surface area (Å²) in [7, 11) is 0. The number of nitrogens with one attached hydrogen (secondary N) is 2. The standard InChI is InChI=1S/C31H35N7/c1-2-9-30-28(8-1)29(31-34-15-20-37(31)19-6-18-36-16-3-4-17-36)23-38(30)27-12-10-26(11-13-27)35-24-33-22-25-7-5-14-32-21-25/h1-2,5,7-15,20-21,23,33,35H,3-4,6,16-19,22,24H2. The van der Waals surface area contributed by atoms with E-state index in [4.69, 9.17) is 4.98 Å². The van der Waals surface area contributed by atoms with Gasteiger partial charge in [0.15, 0.2) is 0 Å². The number of aromatic nitrogens is 4. The molecule has 1 aliphatic heterocycles. The van der Waals surface area contributed by atoms with Crippen molar-refractivity contribution in [2.24, 2.45) is 0 Å². The van der Waals surface area contributed by atoms with Crippen LogP contribution in [0.4, 0.5) is 5.69 Å². The molecular formula is C31H35N7. The third-order valence-corrected chi connectivity index (χ3v) is 7.36. The maximum absolute atomic E-state index is 4.79. The number of pyridine rings is 1. The van der Waals surface area contributed by atoms with Gasteiger partial charge in [-0.1, -0.05) is 24.3 Å². The van der Waals surface area contributed by atoms with Crippen LogP contribution in [0.2, 0.25) is 0 Å². The number of imidazole rings is 1. The molecule has 4 heterocycles. The first kappa shape index (κ1) is 24.4. The van der Waals surface area contributed by atoms with Gasteiger partial charge in [0.1, 0.15) is 5.82 Å². The molecule has 6 rings (SSSR count). The van der Waals surface area contributed by atoms with E-state index >= 15 is 0 Å². The van der Waals surface area contributed by atoms with Crippen LogP contribution in [0.1, 0.15) is 24.8 Å². The number of likely N-dealkylation sites (tertiary alicyclic amines) is 1. The molecule has 0 amide bonds. The SMILES string of the molecule is c1cncc(CNCNc2ccc(-n3cc(-c4nccn4CCCN4CCCC4)c4ccccc43)cc2)c1. The smallest absolute Gasteiger partial charge is 0.142 e. The van der Waals surface area contributed by atoms with Crippen molar-refractivity contribution in [2.45, 2.75) is 32.4 Å². The third kappa shape index (κ3) is 5.49. The quantitative estimate of drug-likeness (QED) is 0.182. The van der Waals surface area contributed by atoms with Crippen molar-refractivity contribution in [3.05, 3.63) is 97.2 Å². The Morgan fingerprint density at radius 1 is 0.868 bits per heavy atom. The predicted octanol–water partition coefficient (Wildman–Crippen LogP) is 5.53. The second-order valence-electron chi connectivity index (χ2n) is 9.96. The summed E-state index contributed by atoms with van der Waals surface area (Å²) < 4.78 is 4.59. The van der Waals surface area contributed by atoms with Crippen LogP contribution in [0.3, 0.4) is 0 Å². The molecule has 0 atom stereocenters. The highest BCUT2D eigenvalue weighted by molar-refractivity contribution is 5.95. The Hall–Kier alpha value is -3.94. The molecule has 1 fully saturated rings. The van der Waals surface area contributed by atoms with Gasteiger partial charge in [-0.05, 0) is 80.9 Å². The molecule has 0 spiro atoms.